The summed E-state index contributed by atoms with van der Waals surface area (Å²) < 4.78 is 12.7. The third-order valence-corrected chi connectivity index (χ3v) is 1.48. The molecule has 0 aromatic carbocycles. The Labute approximate surface area is 68.3 Å². The average molecular weight is 163 g/mol. The van der Waals surface area contributed by atoms with Gasteiger partial charge in [-0.3, -0.25) is 4.98 Å². The summed E-state index contributed by atoms with van der Waals surface area (Å²) in [6.07, 6.45) is 6.01. The quantitative estimate of drug-likeness (QED) is 0.693. The molecule has 60 valence electrons. The molecule has 1 N–H and O–H groups in total. The molecule has 0 amide bonds. The molecule has 2 aromatic rings. The van der Waals surface area contributed by atoms with Gasteiger partial charge in [-0.15, -0.1) is 0 Å². The first kappa shape index (κ1) is 6.97. The summed E-state index contributed by atoms with van der Waals surface area (Å²) in [5.74, 6) is 0.269. The van der Waals surface area contributed by atoms with E-state index >= 15 is 0 Å². The van der Waals surface area contributed by atoms with Crippen LogP contribution in [0.2, 0.25) is 0 Å². The zero-order valence-corrected chi connectivity index (χ0v) is 6.16. The smallest absolute Gasteiger partial charge is 0.142 e. The van der Waals surface area contributed by atoms with Gasteiger partial charge in [0.15, 0.2) is 0 Å². The van der Waals surface area contributed by atoms with Gasteiger partial charge in [-0.25, -0.2) is 9.37 Å². The minimum atomic E-state index is -0.357. The van der Waals surface area contributed by atoms with E-state index in [1.165, 1.54) is 6.07 Å². The zero-order valence-electron chi connectivity index (χ0n) is 6.16. The van der Waals surface area contributed by atoms with Crippen molar-refractivity contribution in [3.05, 3.63) is 36.7 Å². The fraction of sp³-hybridized carbons (Fsp3) is 0. The van der Waals surface area contributed by atoms with E-state index in [0.29, 0.717) is 11.4 Å². The molecule has 2 rings (SSSR count). The number of imidazole rings is 1. The lowest BCUT2D eigenvalue weighted by Gasteiger charge is -1.94. The van der Waals surface area contributed by atoms with E-state index in [4.69, 9.17) is 0 Å². The van der Waals surface area contributed by atoms with Gasteiger partial charge >= 0.3 is 0 Å². The Kier molecular flexibility index (Phi) is 1.59. The van der Waals surface area contributed by atoms with Crippen molar-refractivity contribution in [1.29, 1.82) is 0 Å². The van der Waals surface area contributed by atoms with Crippen LogP contribution in [0.4, 0.5) is 4.39 Å². The van der Waals surface area contributed by atoms with E-state index < -0.39 is 0 Å². The van der Waals surface area contributed by atoms with Gasteiger partial charge in [-0.05, 0) is 6.07 Å². The molecule has 2 aromatic heterocycles. The summed E-state index contributed by atoms with van der Waals surface area (Å²) >= 11 is 0. The SMILES string of the molecule is Fc1cncc(-c2ncc[nH]2)c1. The highest BCUT2D eigenvalue weighted by molar-refractivity contribution is 5.52. The van der Waals surface area contributed by atoms with Crippen LogP contribution in [0.5, 0.6) is 0 Å². The van der Waals surface area contributed by atoms with Gasteiger partial charge in [0.05, 0.1) is 6.20 Å². The molecule has 4 heteroatoms. The van der Waals surface area contributed by atoms with Crippen LogP contribution in [0.1, 0.15) is 0 Å². The molecule has 0 atom stereocenters. The van der Waals surface area contributed by atoms with E-state index in [0.717, 1.165) is 6.20 Å². The molecule has 0 saturated heterocycles. The van der Waals surface area contributed by atoms with Gasteiger partial charge in [0.2, 0.25) is 0 Å². The molecule has 0 radical (unpaired) electrons. The van der Waals surface area contributed by atoms with E-state index in [-0.39, 0.29) is 5.82 Å². The Balaban J connectivity index is 2.48. The molecular weight excluding hydrogens is 157 g/mol. The fourth-order valence-corrected chi connectivity index (χ4v) is 0.965. The number of rotatable bonds is 1. The monoisotopic (exact) mass is 163 g/mol. The molecule has 12 heavy (non-hydrogen) atoms. The van der Waals surface area contributed by atoms with Crippen molar-refractivity contribution in [3.63, 3.8) is 0 Å². The summed E-state index contributed by atoms with van der Waals surface area (Å²) in [4.78, 5) is 10.5. The second kappa shape index (κ2) is 2.73. The zero-order chi connectivity index (χ0) is 8.39. The van der Waals surface area contributed by atoms with Crippen molar-refractivity contribution < 1.29 is 4.39 Å². The lowest BCUT2D eigenvalue weighted by atomic mass is 10.3. The molecule has 0 spiro atoms. The van der Waals surface area contributed by atoms with Crippen LogP contribution in [0.25, 0.3) is 11.4 Å². The van der Waals surface area contributed by atoms with Gasteiger partial charge in [0.1, 0.15) is 11.6 Å². The van der Waals surface area contributed by atoms with Gasteiger partial charge in [0.25, 0.3) is 0 Å². The lowest BCUT2D eigenvalue weighted by Crippen LogP contribution is -1.84. The van der Waals surface area contributed by atoms with Crippen LogP contribution in [0.3, 0.4) is 0 Å². The van der Waals surface area contributed by atoms with Crippen LogP contribution in [0, 0.1) is 5.82 Å². The number of hydrogen-bond acceptors (Lipinski definition) is 2. The molecule has 0 aliphatic carbocycles. The van der Waals surface area contributed by atoms with Crippen LogP contribution < -0.4 is 0 Å². The van der Waals surface area contributed by atoms with Crippen LogP contribution >= 0.6 is 0 Å². The van der Waals surface area contributed by atoms with Crippen molar-refractivity contribution in [3.8, 4) is 11.4 Å². The van der Waals surface area contributed by atoms with Crippen molar-refractivity contribution in [2.75, 3.05) is 0 Å². The summed E-state index contributed by atoms with van der Waals surface area (Å²) in [5, 5.41) is 0. The number of hydrogen-bond donors (Lipinski definition) is 1. The van der Waals surface area contributed by atoms with Gasteiger partial charge < -0.3 is 4.98 Å². The summed E-state index contributed by atoms with van der Waals surface area (Å²) in [6.45, 7) is 0. The molecule has 0 unspecified atom stereocenters. The molecule has 3 nitrogen and oxygen atoms in total. The maximum Gasteiger partial charge on any atom is 0.142 e. The first-order chi connectivity index (χ1) is 5.86. The fourth-order valence-electron chi connectivity index (χ4n) is 0.965. The highest BCUT2D eigenvalue weighted by atomic mass is 19.1. The number of H-pyrrole nitrogens is 1. The summed E-state index contributed by atoms with van der Waals surface area (Å²) in [7, 11) is 0. The maximum absolute atomic E-state index is 12.7. The third kappa shape index (κ3) is 1.18. The summed E-state index contributed by atoms with van der Waals surface area (Å²) in [6, 6.07) is 1.38. The minimum absolute atomic E-state index is 0.357. The molecule has 0 aliphatic heterocycles. The predicted molar refractivity (Wildman–Crippen MR) is 41.8 cm³/mol. The third-order valence-electron chi connectivity index (χ3n) is 1.48. The lowest BCUT2D eigenvalue weighted by molar-refractivity contribution is 0.622. The van der Waals surface area contributed by atoms with Crippen molar-refractivity contribution in [2.45, 2.75) is 0 Å². The molecule has 0 aliphatic rings. The van der Waals surface area contributed by atoms with Gasteiger partial charge in [0, 0.05) is 24.2 Å². The summed E-state index contributed by atoms with van der Waals surface area (Å²) in [5.41, 5.74) is 0.653. The average Bonchev–Trinajstić information content (AvgIpc) is 2.56. The standard InChI is InChI=1S/C8H6FN3/c9-7-3-6(4-10-5-7)8-11-1-2-12-8/h1-5H,(H,11,12). The molecule has 0 bridgehead atoms. The maximum atomic E-state index is 12.7. The highest BCUT2D eigenvalue weighted by Gasteiger charge is 2.00. The predicted octanol–water partition coefficient (Wildman–Crippen LogP) is 1.61. The topological polar surface area (TPSA) is 41.6 Å². The van der Waals surface area contributed by atoms with E-state index in [1.807, 2.05) is 0 Å². The molecule has 0 saturated carbocycles. The molecule has 0 fully saturated rings. The Morgan fingerprint density at radius 1 is 1.33 bits per heavy atom. The number of nitrogens with one attached hydrogen (secondary N) is 1. The number of aromatic nitrogens is 3. The largest absolute Gasteiger partial charge is 0.345 e. The van der Waals surface area contributed by atoms with E-state index in [9.17, 15) is 4.39 Å². The number of pyridine rings is 1. The minimum Gasteiger partial charge on any atom is -0.345 e. The highest BCUT2D eigenvalue weighted by Crippen LogP contribution is 2.12. The van der Waals surface area contributed by atoms with Crippen LogP contribution in [0.15, 0.2) is 30.9 Å². The first-order valence-electron chi connectivity index (χ1n) is 3.46. The van der Waals surface area contributed by atoms with E-state index in [2.05, 4.69) is 15.0 Å². The Morgan fingerprint density at radius 3 is 2.92 bits per heavy atom. The normalized spacial score (nSPS) is 10.1. The Hall–Kier alpha value is -1.71. The van der Waals surface area contributed by atoms with Gasteiger partial charge in [-0.1, -0.05) is 0 Å². The number of nitrogens with zero attached hydrogens (tertiary/aromatic N) is 2. The Bertz CT molecular complexity index is 370. The van der Waals surface area contributed by atoms with Gasteiger partial charge in [-0.2, -0.15) is 0 Å². The second-order valence-electron chi connectivity index (χ2n) is 2.33. The van der Waals surface area contributed by atoms with E-state index in [1.54, 1.807) is 18.6 Å². The molecule has 2 heterocycles. The second-order valence-corrected chi connectivity index (χ2v) is 2.33. The number of aromatic amines is 1. The van der Waals surface area contributed by atoms with Crippen LogP contribution in [-0.4, -0.2) is 15.0 Å². The Morgan fingerprint density at radius 2 is 2.25 bits per heavy atom. The van der Waals surface area contributed by atoms with Crippen LogP contribution in [-0.2, 0) is 0 Å². The number of halogens is 1. The van der Waals surface area contributed by atoms with Crippen molar-refractivity contribution in [1.82, 2.24) is 15.0 Å². The van der Waals surface area contributed by atoms with Crippen molar-refractivity contribution >= 4 is 0 Å². The first-order valence-corrected chi connectivity index (χ1v) is 3.46. The molecular formula is C8H6FN3. The van der Waals surface area contributed by atoms with Crippen molar-refractivity contribution in [2.24, 2.45) is 0 Å².